The number of benzene rings is 2. The molecule has 2 aromatic carbocycles. The Labute approximate surface area is 163 Å². The number of amides is 3. The molecule has 0 saturated carbocycles. The van der Waals surface area contributed by atoms with E-state index in [4.69, 9.17) is 4.74 Å². The van der Waals surface area contributed by atoms with Crippen molar-refractivity contribution in [2.75, 3.05) is 18.5 Å². The molecule has 1 saturated heterocycles. The van der Waals surface area contributed by atoms with E-state index in [1.54, 1.807) is 12.1 Å². The summed E-state index contributed by atoms with van der Waals surface area (Å²) in [6.45, 7) is 4.91. The summed E-state index contributed by atoms with van der Waals surface area (Å²) in [7, 11) is 0. The van der Waals surface area contributed by atoms with Gasteiger partial charge in [-0.1, -0.05) is 6.07 Å². The predicted octanol–water partition coefficient (Wildman–Crippen LogP) is 3.33. The summed E-state index contributed by atoms with van der Waals surface area (Å²) in [6, 6.07) is 10.3. The van der Waals surface area contributed by atoms with Gasteiger partial charge < -0.3 is 10.1 Å². The van der Waals surface area contributed by atoms with Gasteiger partial charge in [-0.2, -0.15) is 0 Å². The molecule has 144 valence electrons. The SMILES string of the molecule is Cc1ccc(NC(=O)c2ccc3c(c2)C(=O)N(C[C@@H]2CCCO2)C3=O)cc1C. The molecule has 28 heavy (non-hydrogen) atoms. The molecule has 1 N–H and O–H groups in total. The van der Waals surface area contributed by atoms with Crippen LogP contribution < -0.4 is 5.32 Å². The number of hydrogen-bond acceptors (Lipinski definition) is 4. The van der Waals surface area contributed by atoms with Crippen LogP contribution in [-0.4, -0.2) is 41.9 Å². The molecular weight excluding hydrogens is 356 g/mol. The summed E-state index contributed by atoms with van der Waals surface area (Å²) < 4.78 is 5.55. The Hall–Kier alpha value is -2.99. The molecule has 1 atom stereocenters. The van der Waals surface area contributed by atoms with Crippen LogP contribution in [0, 0.1) is 13.8 Å². The number of ether oxygens (including phenoxy) is 1. The van der Waals surface area contributed by atoms with Gasteiger partial charge in [0.15, 0.2) is 0 Å². The van der Waals surface area contributed by atoms with Crippen LogP contribution in [0.3, 0.4) is 0 Å². The number of carbonyl (C=O) groups is 3. The molecule has 0 unspecified atom stereocenters. The van der Waals surface area contributed by atoms with E-state index in [-0.39, 0.29) is 35.9 Å². The number of imide groups is 1. The van der Waals surface area contributed by atoms with Gasteiger partial charge in [-0.15, -0.1) is 0 Å². The van der Waals surface area contributed by atoms with Gasteiger partial charge in [0.2, 0.25) is 0 Å². The predicted molar refractivity (Wildman–Crippen MR) is 105 cm³/mol. The Bertz CT molecular complexity index is 976. The minimum Gasteiger partial charge on any atom is -0.376 e. The molecule has 1 fully saturated rings. The van der Waals surface area contributed by atoms with E-state index < -0.39 is 0 Å². The van der Waals surface area contributed by atoms with Gasteiger partial charge >= 0.3 is 0 Å². The normalized spacial score (nSPS) is 18.5. The maximum Gasteiger partial charge on any atom is 0.261 e. The number of nitrogens with zero attached hydrogens (tertiary/aromatic N) is 1. The van der Waals surface area contributed by atoms with Crippen LogP contribution >= 0.6 is 0 Å². The zero-order valence-corrected chi connectivity index (χ0v) is 16.0. The van der Waals surface area contributed by atoms with E-state index in [9.17, 15) is 14.4 Å². The van der Waals surface area contributed by atoms with Crippen molar-refractivity contribution in [2.24, 2.45) is 0 Å². The quantitative estimate of drug-likeness (QED) is 0.828. The Kier molecular flexibility index (Phi) is 4.73. The van der Waals surface area contributed by atoms with Gasteiger partial charge in [0, 0.05) is 17.9 Å². The number of anilines is 1. The first-order chi connectivity index (χ1) is 13.4. The minimum atomic E-state index is -0.365. The van der Waals surface area contributed by atoms with Crippen molar-refractivity contribution in [1.29, 1.82) is 0 Å². The fourth-order valence-electron chi connectivity index (χ4n) is 3.61. The molecule has 4 rings (SSSR count). The van der Waals surface area contributed by atoms with Gasteiger partial charge in [0.05, 0.1) is 23.8 Å². The van der Waals surface area contributed by atoms with Crippen LogP contribution in [0.2, 0.25) is 0 Å². The highest BCUT2D eigenvalue weighted by Crippen LogP contribution is 2.26. The molecular formula is C22H22N2O4. The molecule has 2 aromatic rings. The van der Waals surface area contributed by atoms with Crippen LogP contribution in [-0.2, 0) is 4.74 Å². The zero-order chi connectivity index (χ0) is 19.8. The summed E-state index contributed by atoms with van der Waals surface area (Å²) in [5.41, 5.74) is 3.87. The minimum absolute atomic E-state index is 0.102. The Morgan fingerprint density at radius 2 is 1.86 bits per heavy atom. The fourth-order valence-corrected chi connectivity index (χ4v) is 3.61. The number of aryl methyl sites for hydroxylation is 2. The van der Waals surface area contributed by atoms with E-state index >= 15 is 0 Å². The van der Waals surface area contributed by atoms with Crippen LogP contribution in [0.5, 0.6) is 0 Å². The molecule has 6 nitrogen and oxygen atoms in total. The summed E-state index contributed by atoms with van der Waals surface area (Å²) >= 11 is 0. The van der Waals surface area contributed by atoms with E-state index in [2.05, 4.69) is 5.32 Å². The van der Waals surface area contributed by atoms with E-state index in [1.807, 2.05) is 32.0 Å². The molecule has 0 radical (unpaired) electrons. The Balaban J connectivity index is 1.53. The van der Waals surface area contributed by atoms with Crippen LogP contribution in [0.15, 0.2) is 36.4 Å². The molecule has 3 amide bonds. The summed E-state index contributed by atoms with van der Waals surface area (Å²) in [6.07, 6.45) is 1.68. The largest absolute Gasteiger partial charge is 0.376 e. The average Bonchev–Trinajstić information content (AvgIpc) is 3.28. The molecule has 6 heteroatoms. The lowest BCUT2D eigenvalue weighted by molar-refractivity contribution is 0.0475. The third-order valence-corrected chi connectivity index (χ3v) is 5.41. The number of rotatable bonds is 4. The third kappa shape index (κ3) is 3.31. The van der Waals surface area contributed by atoms with Crippen molar-refractivity contribution < 1.29 is 19.1 Å². The van der Waals surface area contributed by atoms with Crippen molar-refractivity contribution in [2.45, 2.75) is 32.8 Å². The second-order valence-electron chi connectivity index (χ2n) is 7.37. The number of nitrogens with one attached hydrogen (secondary N) is 1. The van der Waals surface area contributed by atoms with Crippen LogP contribution in [0.1, 0.15) is 55.0 Å². The highest BCUT2D eigenvalue weighted by atomic mass is 16.5. The van der Waals surface area contributed by atoms with Gasteiger partial charge in [0.25, 0.3) is 17.7 Å². The topological polar surface area (TPSA) is 75.7 Å². The standard InChI is InChI=1S/C22H22N2O4/c1-13-5-7-16(10-14(13)2)23-20(25)15-6-8-18-19(11-15)22(27)24(21(18)26)12-17-4-3-9-28-17/h5-8,10-11,17H,3-4,9,12H2,1-2H3,(H,23,25)/t17-/m0/s1. The molecule has 0 aliphatic carbocycles. The molecule has 0 aromatic heterocycles. The molecule has 2 heterocycles. The molecule has 0 bridgehead atoms. The monoisotopic (exact) mass is 378 g/mol. The zero-order valence-electron chi connectivity index (χ0n) is 16.0. The summed E-state index contributed by atoms with van der Waals surface area (Å²) in [4.78, 5) is 39.2. The fraction of sp³-hybridized carbons (Fsp3) is 0.318. The maximum absolute atomic E-state index is 12.7. The van der Waals surface area contributed by atoms with Crippen LogP contribution in [0.25, 0.3) is 0 Å². The van der Waals surface area contributed by atoms with Crippen molar-refractivity contribution in [3.8, 4) is 0 Å². The lowest BCUT2D eigenvalue weighted by Crippen LogP contribution is -2.36. The van der Waals surface area contributed by atoms with E-state index in [0.717, 1.165) is 24.0 Å². The van der Waals surface area contributed by atoms with Crippen LogP contribution in [0.4, 0.5) is 5.69 Å². The first-order valence-corrected chi connectivity index (χ1v) is 9.44. The number of hydrogen-bond donors (Lipinski definition) is 1. The van der Waals surface area contributed by atoms with Crippen molar-refractivity contribution in [3.63, 3.8) is 0 Å². The lowest BCUT2D eigenvalue weighted by atomic mass is 10.0. The van der Waals surface area contributed by atoms with Crippen molar-refractivity contribution in [1.82, 2.24) is 4.90 Å². The third-order valence-electron chi connectivity index (χ3n) is 5.41. The highest BCUT2D eigenvalue weighted by molar-refractivity contribution is 6.22. The van der Waals surface area contributed by atoms with Crippen molar-refractivity contribution in [3.05, 3.63) is 64.2 Å². The van der Waals surface area contributed by atoms with Gasteiger partial charge in [-0.25, -0.2) is 0 Å². The summed E-state index contributed by atoms with van der Waals surface area (Å²) in [5.74, 6) is -1.00. The Morgan fingerprint density at radius 1 is 1.07 bits per heavy atom. The highest BCUT2D eigenvalue weighted by Gasteiger charge is 2.37. The van der Waals surface area contributed by atoms with E-state index in [0.29, 0.717) is 23.4 Å². The molecule has 2 aliphatic heterocycles. The van der Waals surface area contributed by atoms with Crippen molar-refractivity contribution >= 4 is 23.4 Å². The van der Waals surface area contributed by atoms with Gasteiger partial charge in [-0.05, 0) is 68.1 Å². The number of fused-ring (bicyclic) bond motifs is 1. The second-order valence-corrected chi connectivity index (χ2v) is 7.37. The maximum atomic E-state index is 12.7. The average molecular weight is 378 g/mol. The first kappa shape index (κ1) is 18.4. The van der Waals surface area contributed by atoms with Gasteiger partial charge in [-0.3, -0.25) is 19.3 Å². The van der Waals surface area contributed by atoms with E-state index in [1.165, 1.54) is 11.0 Å². The Morgan fingerprint density at radius 3 is 2.57 bits per heavy atom. The molecule has 0 spiro atoms. The smallest absolute Gasteiger partial charge is 0.261 e. The lowest BCUT2D eigenvalue weighted by Gasteiger charge is -2.17. The summed E-state index contributed by atoms with van der Waals surface area (Å²) in [5, 5.41) is 2.84. The first-order valence-electron chi connectivity index (χ1n) is 9.44. The van der Waals surface area contributed by atoms with Gasteiger partial charge in [0.1, 0.15) is 0 Å². The molecule has 2 aliphatic rings. The number of carbonyl (C=O) groups excluding carboxylic acids is 3. The second kappa shape index (κ2) is 7.20.